The molecule has 1 N–H and O–H groups in total. The number of hydrogen-bond donors (Lipinski definition) is 1. The molecule has 0 saturated carbocycles. The van der Waals surface area contributed by atoms with Gasteiger partial charge in [0.1, 0.15) is 0 Å². The summed E-state index contributed by atoms with van der Waals surface area (Å²) in [7, 11) is 1.68. The zero-order valence-corrected chi connectivity index (χ0v) is 16.8. The third-order valence-electron chi connectivity index (χ3n) is 4.42. The van der Waals surface area contributed by atoms with Crippen molar-refractivity contribution in [2.24, 2.45) is 0 Å². The van der Waals surface area contributed by atoms with Gasteiger partial charge in [0.25, 0.3) is 17.5 Å². The monoisotopic (exact) mass is 423 g/mol. The molecule has 30 heavy (non-hydrogen) atoms. The highest BCUT2D eigenvalue weighted by Crippen LogP contribution is 2.25. The molecule has 0 atom stereocenters. The minimum Gasteiger partial charge on any atom is -0.337 e. The van der Waals surface area contributed by atoms with Gasteiger partial charge in [0, 0.05) is 25.7 Å². The van der Waals surface area contributed by atoms with E-state index in [0.29, 0.717) is 17.8 Å². The number of para-hydroxylation sites is 1. The van der Waals surface area contributed by atoms with E-state index in [2.05, 4.69) is 5.32 Å². The van der Waals surface area contributed by atoms with Gasteiger partial charge in [-0.25, -0.2) is 0 Å². The number of nitro groups is 1. The van der Waals surface area contributed by atoms with Gasteiger partial charge in [0.05, 0.1) is 26.8 Å². The van der Waals surface area contributed by atoms with Gasteiger partial charge < -0.3 is 10.2 Å². The molecule has 7 nitrogen and oxygen atoms in total. The van der Waals surface area contributed by atoms with Crippen LogP contribution in [0.4, 0.5) is 11.4 Å². The Morgan fingerprint density at radius 1 is 1.00 bits per heavy atom. The van der Waals surface area contributed by atoms with E-state index in [1.54, 1.807) is 36.2 Å². The molecule has 0 spiro atoms. The molecule has 0 saturated heterocycles. The molecule has 0 fully saturated rings. The van der Waals surface area contributed by atoms with Gasteiger partial charge >= 0.3 is 0 Å². The van der Waals surface area contributed by atoms with Crippen LogP contribution < -0.4 is 5.32 Å². The summed E-state index contributed by atoms with van der Waals surface area (Å²) in [5.41, 5.74) is 1.48. The fourth-order valence-electron chi connectivity index (χ4n) is 2.90. The molecule has 3 rings (SSSR count). The number of carbonyl (C=O) groups is 2. The van der Waals surface area contributed by atoms with Crippen LogP contribution in [0.1, 0.15) is 26.3 Å². The van der Waals surface area contributed by atoms with E-state index in [1.165, 1.54) is 12.1 Å². The number of amides is 2. The predicted molar refractivity (Wildman–Crippen MR) is 115 cm³/mol. The number of carbonyl (C=O) groups excluding carboxylic acids is 2. The molecule has 8 heteroatoms. The Hall–Kier alpha value is -3.71. The first-order valence-corrected chi connectivity index (χ1v) is 9.38. The van der Waals surface area contributed by atoms with E-state index in [1.807, 2.05) is 30.3 Å². The van der Waals surface area contributed by atoms with Gasteiger partial charge in [-0.05, 0) is 23.8 Å². The Bertz CT molecular complexity index is 1100. The SMILES string of the molecule is CN(Cc1ccccc1)C(=O)c1ccccc1NC(=O)c1ccc([N+](=O)[O-])cc1Cl. The number of hydrogen-bond acceptors (Lipinski definition) is 4. The van der Waals surface area contributed by atoms with Crippen molar-refractivity contribution in [3.8, 4) is 0 Å². The number of non-ortho nitro benzene ring substituents is 1. The highest BCUT2D eigenvalue weighted by molar-refractivity contribution is 6.34. The van der Waals surface area contributed by atoms with Gasteiger partial charge in [0.2, 0.25) is 0 Å². The maximum absolute atomic E-state index is 12.9. The number of anilines is 1. The van der Waals surface area contributed by atoms with Crippen molar-refractivity contribution in [1.29, 1.82) is 0 Å². The smallest absolute Gasteiger partial charge is 0.270 e. The Morgan fingerprint density at radius 3 is 2.33 bits per heavy atom. The lowest BCUT2D eigenvalue weighted by Gasteiger charge is -2.19. The van der Waals surface area contributed by atoms with Crippen LogP contribution in [0.3, 0.4) is 0 Å². The number of benzene rings is 3. The van der Waals surface area contributed by atoms with Crippen molar-refractivity contribution in [1.82, 2.24) is 4.90 Å². The quantitative estimate of drug-likeness (QED) is 0.456. The topological polar surface area (TPSA) is 92.6 Å². The molecule has 0 aliphatic carbocycles. The summed E-state index contributed by atoms with van der Waals surface area (Å²) in [6, 6.07) is 19.8. The molecule has 0 aromatic heterocycles. The predicted octanol–water partition coefficient (Wildman–Crippen LogP) is 4.77. The summed E-state index contributed by atoms with van der Waals surface area (Å²) in [5, 5.41) is 13.5. The molecule has 3 aromatic rings. The lowest BCUT2D eigenvalue weighted by Crippen LogP contribution is -2.27. The van der Waals surface area contributed by atoms with Crippen LogP contribution in [0.5, 0.6) is 0 Å². The molecule has 0 aliphatic heterocycles. The summed E-state index contributed by atoms with van der Waals surface area (Å²) in [6.45, 7) is 0.413. The summed E-state index contributed by atoms with van der Waals surface area (Å²) in [4.78, 5) is 37.4. The van der Waals surface area contributed by atoms with E-state index in [9.17, 15) is 19.7 Å². The van der Waals surface area contributed by atoms with Crippen LogP contribution in [0.2, 0.25) is 5.02 Å². The van der Waals surface area contributed by atoms with E-state index < -0.39 is 10.8 Å². The number of nitro benzene ring substituents is 1. The fraction of sp³-hybridized carbons (Fsp3) is 0.0909. The first kappa shape index (κ1) is 21.0. The van der Waals surface area contributed by atoms with Gasteiger partial charge in [-0.2, -0.15) is 0 Å². The average Bonchev–Trinajstić information content (AvgIpc) is 2.74. The zero-order valence-electron chi connectivity index (χ0n) is 16.0. The third-order valence-corrected chi connectivity index (χ3v) is 4.74. The molecule has 0 aliphatic rings. The van der Waals surface area contributed by atoms with Crippen molar-refractivity contribution in [3.05, 3.63) is 105 Å². The third kappa shape index (κ3) is 4.82. The highest BCUT2D eigenvalue weighted by Gasteiger charge is 2.20. The van der Waals surface area contributed by atoms with Crippen LogP contribution in [-0.2, 0) is 6.54 Å². The Kier molecular flexibility index (Phi) is 6.44. The number of nitrogens with one attached hydrogen (secondary N) is 1. The van der Waals surface area contributed by atoms with E-state index >= 15 is 0 Å². The van der Waals surface area contributed by atoms with Gasteiger partial charge in [-0.15, -0.1) is 0 Å². The summed E-state index contributed by atoms with van der Waals surface area (Å²) in [6.07, 6.45) is 0. The Labute approximate surface area is 178 Å². The zero-order chi connectivity index (χ0) is 21.7. The second-order valence-corrected chi connectivity index (χ2v) is 6.97. The molecular weight excluding hydrogens is 406 g/mol. The van der Waals surface area contributed by atoms with Gasteiger partial charge in [-0.3, -0.25) is 19.7 Å². The maximum Gasteiger partial charge on any atom is 0.270 e. The summed E-state index contributed by atoms with van der Waals surface area (Å²) in [5.74, 6) is -0.828. The van der Waals surface area contributed by atoms with Crippen molar-refractivity contribution < 1.29 is 14.5 Å². The second-order valence-electron chi connectivity index (χ2n) is 6.57. The van der Waals surface area contributed by atoms with E-state index in [-0.39, 0.29) is 22.2 Å². The molecule has 0 heterocycles. The summed E-state index contributed by atoms with van der Waals surface area (Å²) < 4.78 is 0. The minimum atomic E-state index is -0.593. The van der Waals surface area contributed by atoms with Crippen molar-refractivity contribution >= 4 is 34.8 Å². The summed E-state index contributed by atoms with van der Waals surface area (Å²) >= 11 is 6.04. The number of rotatable bonds is 6. The van der Waals surface area contributed by atoms with Crippen molar-refractivity contribution in [2.75, 3.05) is 12.4 Å². The molecule has 0 radical (unpaired) electrons. The van der Waals surface area contributed by atoms with Gasteiger partial charge in [0.15, 0.2) is 0 Å². The molecule has 3 aromatic carbocycles. The van der Waals surface area contributed by atoms with E-state index in [0.717, 1.165) is 11.6 Å². The largest absolute Gasteiger partial charge is 0.337 e. The van der Waals surface area contributed by atoms with Crippen LogP contribution >= 0.6 is 11.6 Å². The van der Waals surface area contributed by atoms with Crippen LogP contribution in [0.15, 0.2) is 72.8 Å². The van der Waals surface area contributed by atoms with Crippen LogP contribution in [0, 0.1) is 10.1 Å². The first-order chi connectivity index (χ1) is 14.4. The Morgan fingerprint density at radius 2 is 1.67 bits per heavy atom. The lowest BCUT2D eigenvalue weighted by molar-refractivity contribution is -0.384. The van der Waals surface area contributed by atoms with Crippen LogP contribution in [-0.4, -0.2) is 28.7 Å². The second kappa shape index (κ2) is 9.19. The average molecular weight is 424 g/mol. The molecule has 2 amide bonds. The highest BCUT2D eigenvalue weighted by atomic mass is 35.5. The Balaban J connectivity index is 1.80. The molecule has 0 bridgehead atoms. The fourth-order valence-corrected chi connectivity index (χ4v) is 3.17. The minimum absolute atomic E-state index is 0.0493. The number of nitrogens with zero attached hydrogens (tertiary/aromatic N) is 2. The van der Waals surface area contributed by atoms with Crippen molar-refractivity contribution in [3.63, 3.8) is 0 Å². The van der Waals surface area contributed by atoms with E-state index in [4.69, 9.17) is 11.6 Å². The van der Waals surface area contributed by atoms with Crippen LogP contribution in [0.25, 0.3) is 0 Å². The van der Waals surface area contributed by atoms with Gasteiger partial charge in [-0.1, -0.05) is 54.1 Å². The first-order valence-electron chi connectivity index (χ1n) is 9.00. The molecule has 152 valence electrons. The normalized spacial score (nSPS) is 10.3. The maximum atomic E-state index is 12.9. The number of halogens is 1. The van der Waals surface area contributed by atoms with Crippen molar-refractivity contribution in [2.45, 2.75) is 6.54 Å². The molecule has 0 unspecified atom stereocenters. The molecular formula is C22H18ClN3O4. The lowest BCUT2D eigenvalue weighted by atomic mass is 10.1. The standard InChI is InChI=1S/C22H18ClN3O4/c1-25(14-15-7-3-2-4-8-15)22(28)18-9-5-6-10-20(18)24-21(27)17-12-11-16(26(29)30)13-19(17)23/h2-13H,14H2,1H3,(H,24,27).